The fourth-order valence-corrected chi connectivity index (χ4v) is 4.40. The molecule has 1 aliphatic heterocycles. The van der Waals surface area contributed by atoms with Crippen LogP contribution in [0.15, 0.2) is 36.7 Å². The first kappa shape index (κ1) is 22.1. The third-order valence-corrected chi connectivity index (χ3v) is 6.05. The van der Waals surface area contributed by atoms with Gasteiger partial charge in [0.05, 0.1) is 24.1 Å². The number of halogens is 1. The molecule has 0 amide bonds. The number of aryl methyl sites for hydroxylation is 1. The molecule has 0 spiro atoms. The largest absolute Gasteiger partial charge is 0.493 e. The standard InChI is InChI=1S/C25H25FN4O4/c1-13-9-15-17(30-13)6-7-20(23(15)26)34-25-16-10-21(32-3)22(11-19(16)28-12-29-25)33-24(14(2)31)18-5-4-8-27-18/h6-7,9-12,18,24,27,30H,4-5,8H2,1-3H3. The number of nitrogens with zero attached hydrogens (tertiary/aromatic N) is 2. The van der Waals surface area contributed by atoms with E-state index in [1.54, 1.807) is 30.3 Å². The zero-order valence-corrected chi connectivity index (χ0v) is 19.1. The summed E-state index contributed by atoms with van der Waals surface area (Å²) < 4.78 is 32.6. The zero-order chi connectivity index (χ0) is 23.8. The number of fused-ring (bicyclic) bond motifs is 2. The highest BCUT2D eigenvalue weighted by molar-refractivity contribution is 5.88. The lowest BCUT2D eigenvalue weighted by molar-refractivity contribution is -0.124. The van der Waals surface area contributed by atoms with Crippen LogP contribution in [0, 0.1) is 12.7 Å². The van der Waals surface area contributed by atoms with Crippen molar-refractivity contribution in [2.45, 2.75) is 38.8 Å². The summed E-state index contributed by atoms with van der Waals surface area (Å²) in [6.07, 6.45) is 2.55. The molecule has 0 saturated carbocycles. The van der Waals surface area contributed by atoms with Gasteiger partial charge in [-0.15, -0.1) is 0 Å². The van der Waals surface area contributed by atoms with Gasteiger partial charge in [-0.25, -0.2) is 14.4 Å². The number of aromatic amines is 1. The second kappa shape index (κ2) is 8.90. The van der Waals surface area contributed by atoms with E-state index >= 15 is 4.39 Å². The van der Waals surface area contributed by atoms with Gasteiger partial charge in [-0.2, -0.15) is 0 Å². The number of ether oxygens (including phenoxy) is 3. The Bertz CT molecular complexity index is 1380. The smallest absolute Gasteiger partial charge is 0.230 e. The summed E-state index contributed by atoms with van der Waals surface area (Å²) in [5.41, 5.74) is 2.06. The van der Waals surface area contributed by atoms with Crippen LogP contribution < -0.4 is 19.5 Å². The monoisotopic (exact) mass is 464 g/mol. The Balaban J connectivity index is 1.51. The predicted molar refractivity (Wildman–Crippen MR) is 125 cm³/mol. The number of carbonyl (C=O) groups excluding carboxylic acids is 1. The molecule has 34 heavy (non-hydrogen) atoms. The molecule has 4 aromatic rings. The number of rotatable bonds is 7. The van der Waals surface area contributed by atoms with Crippen molar-refractivity contribution in [1.29, 1.82) is 0 Å². The van der Waals surface area contributed by atoms with Crippen molar-refractivity contribution in [1.82, 2.24) is 20.3 Å². The Hall–Kier alpha value is -3.72. The molecule has 2 unspecified atom stereocenters. The number of carbonyl (C=O) groups is 1. The van der Waals surface area contributed by atoms with Crippen LogP contribution in [0.25, 0.3) is 21.8 Å². The first-order valence-electron chi connectivity index (χ1n) is 11.1. The molecule has 0 bridgehead atoms. The summed E-state index contributed by atoms with van der Waals surface area (Å²) in [5, 5.41) is 4.28. The molecular weight excluding hydrogens is 439 g/mol. The number of hydrogen-bond donors (Lipinski definition) is 2. The van der Waals surface area contributed by atoms with Crippen LogP contribution in [-0.2, 0) is 4.79 Å². The summed E-state index contributed by atoms with van der Waals surface area (Å²) in [7, 11) is 1.51. The summed E-state index contributed by atoms with van der Waals surface area (Å²) in [4.78, 5) is 23.9. The molecular formula is C25H25FN4O4. The van der Waals surface area contributed by atoms with E-state index in [-0.39, 0.29) is 23.5 Å². The molecule has 0 radical (unpaired) electrons. The van der Waals surface area contributed by atoms with Crippen molar-refractivity contribution >= 4 is 27.6 Å². The molecule has 2 aromatic carbocycles. The number of nitrogens with one attached hydrogen (secondary N) is 2. The highest BCUT2D eigenvalue weighted by atomic mass is 19.1. The van der Waals surface area contributed by atoms with Crippen molar-refractivity contribution in [2.24, 2.45) is 0 Å². The third-order valence-electron chi connectivity index (χ3n) is 6.05. The highest BCUT2D eigenvalue weighted by Gasteiger charge is 2.31. The number of H-pyrrole nitrogens is 1. The molecule has 2 N–H and O–H groups in total. The van der Waals surface area contributed by atoms with E-state index in [0.717, 1.165) is 25.1 Å². The minimum atomic E-state index is -0.642. The lowest BCUT2D eigenvalue weighted by Crippen LogP contribution is -2.43. The van der Waals surface area contributed by atoms with Crippen molar-refractivity contribution in [3.05, 3.63) is 48.2 Å². The number of Topliss-reactive ketones (excluding diaryl/α,β-unsaturated/α-hetero) is 1. The Morgan fingerprint density at radius 1 is 1.15 bits per heavy atom. The number of hydrogen-bond acceptors (Lipinski definition) is 7. The van der Waals surface area contributed by atoms with E-state index in [0.29, 0.717) is 33.3 Å². The van der Waals surface area contributed by atoms with Gasteiger partial charge < -0.3 is 24.5 Å². The molecule has 1 saturated heterocycles. The molecule has 5 rings (SSSR count). The van der Waals surface area contributed by atoms with Gasteiger partial charge in [-0.1, -0.05) is 0 Å². The minimum absolute atomic E-state index is 0.0507. The number of aromatic nitrogens is 3. The van der Waals surface area contributed by atoms with Crippen LogP contribution in [0.4, 0.5) is 4.39 Å². The van der Waals surface area contributed by atoms with Gasteiger partial charge in [0, 0.05) is 22.7 Å². The number of methoxy groups -OCH3 is 1. The lowest BCUT2D eigenvalue weighted by atomic mass is 10.1. The minimum Gasteiger partial charge on any atom is -0.493 e. The first-order valence-corrected chi connectivity index (χ1v) is 11.1. The number of benzene rings is 2. The summed E-state index contributed by atoms with van der Waals surface area (Å²) in [6.45, 7) is 4.23. The van der Waals surface area contributed by atoms with Crippen molar-refractivity contribution in [3.8, 4) is 23.1 Å². The third kappa shape index (κ3) is 4.03. The molecule has 176 valence electrons. The van der Waals surface area contributed by atoms with Crippen LogP contribution in [0.2, 0.25) is 0 Å². The van der Waals surface area contributed by atoms with Gasteiger partial charge in [0.15, 0.2) is 35.0 Å². The lowest BCUT2D eigenvalue weighted by Gasteiger charge is -2.24. The second-order valence-corrected chi connectivity index (χ2v) is 8.44. The van der Waals surface area contributed by atoms with E-state index in [1.807, 2.05) is 6.92 Å². The zero-order valence-electron chi connectivity index (χ0n) is 19.1. The molecule has 2 atom stereocenters. The van der Waals surface area contributed by atoms with Crippen LogP contribution in [0.5, 0.6) is 23.1 Å². The highest BCUT2D eigenvalue weighted by Crippen LogP contribution is 2.38. The van der Waals surface area contributed by atoms with Crippen LogP contribution in [0.3, 0.4) is 0 Å². The quantitative estimate of drug-likeness (QED) is 0.417. The predicted octanol–water partition coefficient (Wildman–Crippen LogP) is 4.45. The topological polar surface area (TPSA) is 98.4 Å². The van der Waals surface area contributed by atoms with Gasteiger partial charge in [-0.05, 0) is 57.5 Å². The van der Waals surface area contributed by atoms with Crippen LogP contribution in [-0.4, -0.2) is 46.5 Å². The van der Waals surface area contributed by atoms with Gasteiger partial charge >= 0.3 is 0 Å². The van der Waals surface area contributed by atoms with E-state index in [9.17, 15) is 4.79 Å². The summed E-state index contributed by atoms with van der Waals surface area (Å²) >= 11 is 0. The molecule has 3 heterocycles. The average Bonchev–Trinajstić information content (AvgIpc) is 3.48. The molecule has 8 nitrogen and oxygen atoms in total. The second-order valence-electron chi connectivity index (χ2n) is 8.44. The molecule has 1 fully saturated rings. The van der Waals surface area contributed by atoms with Gasteiger partial charge in [0.2, 0.25) is 5.88 Å². The molecule has 0 aliphatic carbocycles. The number of ketones is 1. The van der Waals surface area contributed by atoms with Crippen molar-refractivity contribution in [2.75, 3.05) is 13.7 Å². The summed E-state index contributed by atoms with van der Waals surface area (Å²) in [5.74, 6) is 0.473. The normalized spacial score (nSPS) is 16.6. The van der Waals surface area contributed by atoms with E-state index in [4.69, 9.17) is 14.2 Å². The summed E-state index contributed by atoms with van der Waals surface area (Å²) in [6, 6.07) is 8.35. The molecule has 1 aliphatic rings. The maximum atomic E-state index is 15.1. The van der Waals surface area contributed by atoms with Crippen LogP contribution >= 0.6 is 0 Å². The Morgan fingerprint density at radius 3 is 2.74 bits per heavy atom. The fraction of sp³-hybridized carbons (Fsp3) is 0.320. The maximum absolute atomic E-state index is 15.1. The van der Waals surface area contributed by atoms with E-state index in [2.05, 4.69) is 20.3 Å². The van der Waals surface area contributed by atoms with E-state index in [1.165, 1.54) is 20.4 Å². The molecule has 2 aromatic heterocycles. The van der Waals surface area contributed by atoms with Gasteiger partial charge in [0.1, 0.15) is 6.33 Å². The average molecular weight is 464 g/mol. The van der Waals surface area contributed by atoms with Crippen LogP contribution in [0.1, 0.15) is 25.5 Å². The van der Waals surface area contributed by atoms with E-state index < -0.39 is 11.9 Å². The molecule has 9 heteroatoms. The Morgan fingerprint density at radius 2 is 2.00 bits per heavy atom. The first-order chi connectivity index (χ1) is 16.4. The SMILES string of the molecule is COc1cc2c(Oc3ccc4[nH]c(C)cc4c3F)ncnc2cc1OC(C(C)=O)C1CCCN1. The van der Waals surface area contributed by atoms with Crippen molar-refractivity contribution < 1.29 is 23.4 Å². The fourth-order valence-electron chi connectivity index (χ4n) is 4.40. The maximum Gasteiger partial charge on any atom is 0.230 e. The van der Waals surface area contributed by atoms with Gasteiger partial charge in [-0.3, -0.25) is 4.79 Å². The van der Waals surface area contributed by atoms with Crippen molar-refractivity contribution in [3.63, 3.8) is 0 Å². The van der Waals surface area contributed by atoms with Gasteiger partial charge in [0.25, 0.3) is 0 Å². The Kier molecular flexibility index (Phi) is 5.79. The Labute approximate surface area is 195 Å².